The number of carbonyl (C=O) groups excluding carboxylic acids is 1. The minimum Gasteiger partial charge on any atom is -0.326 e. The maximum absolute atomic E-state index is 13.1. The zero-order chi connectivity index (χ0) is 19.5. The van der Waals surface area contributed by atoms with Crippen LogP contribution in [0.25, 0.3) is 10.9 Å². The third-order valence-corrected chi connectivity index (χ3v) is 5.42. The van der Waals surface area contributed by atoms with Crippen molar-refractivity contribution in [3.8, 4) is 0 Å². The van der Waals surface area contributed by atoms with Gasteiger partial charge in [0.05, 0.1) is 24.0 Å². The van der Waals surface area contributed by atoms with Gasteiger partial charge in [0.2, 0.25) is 0 Å². The molecule has 0 aliphatic rings. The zero-order valence-corrected chi connectivity index (χ0v) is 16.3. The Labute approximate surface area is 170 Å². The number of rotatable bonds is 5. The Balaban J connectivity index is 1.68. The summed E-state index contributed by atoms with van der Waals surface area (Å²) < 4.78 is 0. The Kier molecular flexibility index (Phi) is 5.23. The lowest BCUT2D eigenvalue weighted by Crippen LogP contribution is -2.31. The highest BCUT2D eigenvalue weighted by atomic mass is 35.5. The number of halogens is 1. The minimum atomic E-state index is -0.212. The van der Waals surface area contributed by atoms with E-state index in [4.69, 9.17) is 11.6 Å². The number of aromatic nitrogens is 2. The molecule has 1 N–H and O–H groups in total. The van der Waals surface area contributed by atoms with Gasteiger partial charge in [-0.25, -0.2) is 4.98 Å². The van der Waals surface area contributed by atoms with Gasteiger partial charge in [0, 0.05) is 15.5 Å². The maximum atomic E-state index is 13.1. The molecule has 0 aliphatic carbocycles. The van der Waals surface area contributed by atoms with E-state index in [0.717, 1.165) is 4.88 Å². The smallest absolute Gasteiger partial charge is 0.258 e. The van der Waals surface area contributed by atoms with Crippen molar-refractivity contribution in [2.45, 2.75) is 13.1 Å². The fourth-order valence-electron chi connectivity index (χ4n) is 2.96. The van der Waals surface area contributed by atoms with Gasteiger partial charge < -0.3 is 9.88 Å². The van der Waals surface area contributed by atoms with Gasteiger partial charge in [-0.2, -0.15) is 0 Å². The topological polar surface area (TPSA) is 66.1 Å². The molecule has 28 heavy (non-hydrogen) atoms. The van der Waals surface area contributed by atoms with Crippen LogP contribution in [0, 0.1) is 0 Å². The summed E-state index contributed by atoms with van der Waals surface area (Å²) in [5.41, 5.74) is 0.927. The summed E-state index contributed by atoms with van der Waals surface area (Å²) in [5, 5.41) is 3.07. The molecule has 0 atom stereocenters. The number of H-pyrrole nitrogens is 1. The van der Waals surface area contributed by atoms with Crippen molar-refractivity contribution in [1.82, 2.24) is 14.9 Å². The molecule has 7 heteroatoms. The summed E-state index contributed by atoms with van der Waals surface area (Å²) >= 11 is 7.52. The second-order valence-electron chi connectivity index (χ2n) is 6.28. The van der Waals surface area contributed by atoms with Crippen LogP contribution in [0.2, 0.25) is 5.02 Å². The molecule has 2 aromatic heterocycles. The molecule has 0 bridgehead atoms. The number of thiophene rings is 1. The second-order valence-corrected chi connectivity index (χ2v) is 7.75. The highest BCUT2D eigenvalue weighted by Crippen LogP contribution is 2.18. The largest absolute Gasteiger partial charge is 0.326 e. The van der Waals surface area contributed by atoms with E-state index in [1.165, 1.54) is 0 Å². The summed E-state index contributed by atoms with van der Waals surface area (Å²) in [6.07, 6.45) is 0. The molecule has 0 spiro atoms. The van der Waals surface area contributed by atoms with Crippen molar-refractivity contribution >= 4 is 39.7 Å². The zero-order valence-electron chi connectivity index (χ0n) is 14.8. The molecule has 0 radical (unpaired) electrons. The van der Waals surface area contributed by atoms with Gasteiger partial charge in [0.25, 0.3) is 11.5 Å². The predicted molar refractivity (Wildman–Crippen MR) is 112 cm³/mol. The van der Waals surface area contributed by atoms with Crippen molar-refractivity contribution in [2.24, 2.45) is 0 Å². The fourth-order valence-corrected chi connectivity index (χ4v) is 3.80. The number of nitrogens with zero attached hydrogens (tertiary/aromatic N) is 2. The number of hydrogen-bond donors (Lipinski definition) is 1. The molecule has 140 valence electrons. The van der Waals surface area contributed by atoms with E-state index in [-0.39, 0.29) is 18.0 Å². The molecule has 2 aromatic carbocycles. The lowest BCUT2D eigenvalue weighted by Gasteiger charge is -2.22. The summed E-state index contributed by atoms with van der Waals surface area (Å²) in [7, 11) is 0. The second kappa shape index (κ2) is 7.96. The molecule has 5 nitrogen and oxygen atoms in total. The van der Waals surface area contributed by atoms with E-state index < -0.39 is 0 Å². The van der Waals surface area contributed by atoms with Gasteiger partial charge >= 0.3 is 0 Å². The van der Waals surface area contributed by atoms with Crippen LogP contribution in [0.3, 0.4) is 0 Å². The van der Waals surface area contributed by atoms with Gasteiger partial charge in [0.1, 0.15) is 5.82 Å². The van der Waals surface area contributed by atoms with Crippen LogP contribution >= 0.6 is 22.9 Å². The molecule has 0 saturated heterocycles. The first kappa shape index (κ1) is 18.4. The Morgan fingerprint density at radius 3 is 2.57 bits per heavy atom. The molecule has 0 fully saturated rings. The number of amides is 1. The first-order valence-corrected chi connectivity index (χ1v) is 9.91. The summed E-state index contributed by atoms with van der Waals surface area (Å²) in [6, 6.07) is 17.8. The Morgan fingerprint density at radius 1 is 1.04 bits per heavy atom. The molecular weight excluding hydrogens is 394 g/mol. The third-order valence-electron chi connectivity index (χ3n) is 4.31. The number of fused-ring (bicyclic) bond motifs is 1. The molecule has 1 amide bonds. The highest BCUT2D eigenvalue weighted by molar-refractivity contribution is 7.09. The normalized spacial score (nSPS) is 10.9. The average molecular weight is 410 g/mol. The fraction of sp³-hybridized carbons (Fsp3) is 0.0952. The van der Waals surface area contributed by atoms with Crippen LogP contribution in [0.5, 0.6) is 0 Å². The van der Waals surface area contributed by atoms with Crippen LogP contribution in [-0.4, -0.2) is 20.8 Å². The van der Waals surface area contributed by atoms with Crippen LogP contribution < -0.4 is 5.56 Å². The Bertz CT molecular complexity index is 1170. The number of benzene rings is 2. The van der Waals surface area contributed by atoms with E-state index in [9.17, 15) is 9.59 Å². The number of hydrogen-bond acceptors (Lipinski definition) is 4. The summed E-state index contributed by atoms with van der Waals surface area (Å²) in [6.45, 7) is 0.620. The number of aromatic amines is 1. The van der Waals surface area contributed by atoms with Crippen LogP contribution in [-0.2, 0) is 13.1 Å². The predicted octanol–water partition coefficient (Wildman–Crippen LogP) is 4.48. The molecule has 0 unspecified atom stereocenters. The molecule has 0 aliphatic heterocycles. The van der Waals surface area contributed by atoms with Crippen LogP contribution in [0.15, 0.2) is 70.8 Å². The number of carbonyl (C=O) groups is 1. The quantitative estimate of drug-likeness (QED) is 0.528. The first-order valence-electron chi connectivity index (χ1n) is 8.65. The minimum absolute atomic E-state index is 0.152. The lowest BCUT2D eigenvalue weighted by atomic mass is 10.2. The summed E-state index contributed by atoms with van der Waals surface area (Å²) in [5.74, 6) is 0.295. The van der Waals surface area contributed by atoms with Crippen LogP contribution in [0.1, 0.15) is 21.1 Å². The van der Waals surface area contributed by atoms with Gasteiger partial charge in [-0.1, -0.05) is 29.8 Å². The molecular formula is C21H16ClN3O2S. The maximum Gasteiger partial charge on any atom is 0.258 e. The van der Waals surface area contributed by atoms with Crippen LogP contribution in [0.4, 0.5) is 0 Å². The van der Waals surface area contributed by atoms with E-state index in [1.54, 1.807) is 58.7 Å². The lowest BCUT2D eigenvalue weighted by molar-refractivity contribution is 0.0727. The van der Waals surface area contributed by atoms with E-state index in [1.807, 2.05) is 23.6 Å². The SMILES string of the molecule is O=C(c1ccc(Cl)cc1)N(Cc1nc2ccccc2c(=O)[nH]1)Cc1cccs1. The Morgan fingerprint density at radius 2 is 1.82 bits per heavy atom. The standard InChI is InChI=1S/C21H16ClN3O2S/c22-15-9-7-14(8-10-15)21(27)25(12-16-4-3-11-28-16)13-19-23-18-6-2-1-5-17(18)20(26)24-19/h1-11H,12-13H2,(H,23,24,26). The number of para-hydroxylation sites is 1. The monoisotopic (exact) mass is 409 g/mol. The van der Waals surface area contributed by atoms with Crippen molar-refractivity contribution in [2.75, 3.05) is 0 Å². The highest BCUT2D eigenvalue weighted by Gasteiger charge is 2.19. The average Bonchev–Trinajstić information content (AvgIpc) is 3.21. The summed E-state index contributed by atoms with van der Waals surface area (Å²) in [4.78, 5) is 35.5. The number of nitrogens with one attached hydrogen (secondary N) is 1. The molecule has 2 heterocycles. The first-order chi connectivity index (χ1) is 13.6. The molecule has 0 saturated carbocycles. The molecule has 4 rings (SSSR count). The van der Waals surface area contributed by atoms with Gasteiger partial charge in [-0.3, -0.25) is 9.59 Å². The van der Waals surface area contributed by atoms with Gasteiger partial charge in [-0.15, -0.1) is 11.3 Å². The van der Waals surface area contributed by atoms with Crippen molar-refractivity contribution in [1.29, 1.82) is 0 Å². The van der Waals surface area contributed by atoms with Gasteiger partial charge in [-0.05, 0) is 47.8 Å². The van der Waals surface area contributed by atoms with Gasteiger partial charge in [0.15, 0.2) is 0 Å². The Hall–Kier alpha value is -2.96. The van der Waals surface area contributed by atoms with E-state index >= 15 is 0 Å². The van der Waals surface area contributed by atoms with Crippen molar-refractivity contribution in [3.63, 3.8) is 0 Å². The van der Waals surface area contributed by atoms with Crippen molar-refractivity contribution in [3.05, 3.63) is 97.7 Å². The van der Waals surface area contributed by atoms with Crippen molar-refractivity contribution < 1.29 is 4.79 Å². The molecule has 4 aromatic rings. The third kappa shape index (κ3) is 3.98. The van der Waals surface area contributed by atoms with E-state index in [0.29, 0.717) is 33.9 Å². The van der Waals surface area contributed by atoms with E-state index in [2.05, 4.69) is 9.97 Å².